The predicted octanol–water partition coefficient (Wildman–Crippen LogP) is 4.29. The molecule has 4 heteroatoms. The van der Waals surface area contributed by atoms with Crippen molar-refractivity contribution in [2.45, 2.75) is 25.7 Å². The zero-order chi connectivity index (χ0) is 19.3. The lowest BCUT2D eigenvalue weighted by Gasteiger charge is -2.24. The fraction of sp³-hybridized carbons (Fsp3) is 0.250. The van der Waals surface area contributed by atoms with Crippen molar-refractivity contribution in [3.63, 3.8) is 0 Å². The van der Waals surface area contributed by atoms with Crippen molar-refractivity contribution in [1.82, 2.24) is 4.90 Å². The zero-order valence-corrected chi connectivity index (χ0v) is 16.2. The number of methoxy groups -OCH3 is 1. The molecule has 0 fully saturated rings. The number of rotatable bonds is 7. The number of hydrogen-bond acceptors (Lipinski definition) is 4. The van der Waals surface area contributed by atoms with E-state index in [-0.39, 0.29) is 6.04 Å². The van der Waals surface area contributed by atoms with Crippen molar-refractivity contribution in [3.05, 3.63) is 95.1 Å². The molecule has 0 aromatic heterocycles. The average Bonchev–Trinajstić information content (AvgIpc) is 3.09. The predicted molar refractivity (Wildman–Crippen MR) is 111 cm³/mol. The summed E-state index contributed by atoms with van der Waals surface area (Å²) >= 11 is 0. The first-order chi connectivity index (χ1) is 13.8. The number of nitrogens with zero attached hydrogens (tertiary/aromatic N) is 1. The maximum atomic E-state index is 6.16. The van der Waals surface area contributed by atoms with Crippen LogP contribution in [0.5, 0.6) is 11.5 Å². The van der Waals surface area contributed by atoms with Crippen LogP contribution in [0.15, 0.2) is 72.8 Å². The average molecular weight is 374 g/mol. The highest BCUT2D eigenvalue weighted by Gasteiger charge is 2.30. The van der Waals surface area contributed by atoms with Gasteiger partial charge in [-0.05, 0) is 34.9 Å². The van der Waals surface area contributed by atoms with Crippen LogP contribution in [0, 0.1) is 0 Å². The molecule has 0 radical (unpaired) electrons. The molecule has 3 aromatic rings. The Balaban J connectivity index is 1.50. The summed E-state index contributed by atoms with van der Waals surface area (Å²) in [4.78, 5) is 2.41. The maximum absolute atomic E-state index is 6.16. The van der Waals surface area contributed by atoms with Gasteiger partial charge in [0.05, 0.1) is 7.11 Å². The summed E-state index contributed by atoms with van der Waals surface area (Å²) in [5.41, 5.74) is 11.1. The van der Waals surface area contributed by atoms with E-state index >= 15 is 0 Å². The van der Waals surface area contributed by atoms with Crippen molar-refractivity contribution in [3.8, 4) is 11.5 Å². The maximum Gasteiger partial charge on any atom is 0.123 e. The summed E-state index contributed by atoms with van der Waals surface area (Å²) in [5.74, 6) is 1.81. The SMILES string of the molecule is COc1ccccc1CN1Cc2ccc(OCc3ccccc3)cc2C1CN. The molecule has 1 atom stereocenters. The lowest BCUT2D eigenvalue weighted by molar-refractivity contribution is 0.208. The van der Waals surface area contributed by atoms with E-state index in [9.17, 15) is 0 Å². The minimum Gasteiger partial charge on any atom is -0.496 e. The Bertz CT molecular complexity index is 927. The second kappa shape index (κ2) is 8.46. The Kier molecular flexibility index (Phi) is 5.60. The molecule has 1 aliphatic rings. The molecule has 28 heavy (non-hydrogen) atoms. The van der Waals surface area contributed by atoms with Gasteiger partial charge in [-0.2, -0.15) is 0 Å². The summed E-state index contributed by atoms with van der Waals surface area (Å²) in [6.45, 7) is 2.83. The molecular weight excluding hydrogens is 348 g/mol. The Hall–Kier alpha value is -2.82. The van der Waals surface area contributed by atoms with Crippen molar-refractivity contribution in [2.75, 3.05) is 13.7 Å². The smallest absolute Gasteiger partial charge is 0.123 e. The molecule has 4 rings (SSSR count). The molecule has 4 nitrogen and oxygen atoms in total. The van der Waals surface area contributed by atoms with E-state index in [1.807, 2.05) is 36.4 Å². The Morgan fingerprint density at radius 3 is 2.57 bits per heavy atom. The van der Waals surface area contributed by atoms with Crippen LogP contribution >= 0.6 is 0 Å². The van der Waals surface area contributed by atoms with Crippen LogP contribution in [0.4, 0.5) is 0 Å². The van der Waals surface area contributed by atoms with Crippen molar-refractivity contribution >= 4 is 0 Å². The zero-order valence-electron chi connectivity index (χ0n) is 16.2. The summed E-state index contributed by atoms with van der Waals surface area (Å²) in [6, 6.07) is 24.9. The third kappa shape index (κ3) is 3.88. The van der Waals surface area contributed by atoms with Crippen LogP contribution in [-0.4, -0.2) is 18.6 Å². The minimum atomic E-state index is 0.181. The highest BCUT2D eigenvalue weighted by atomic mass is 16.5. The molecule has 1 heterocycles. The van der Waals surface area contributed by atoms with Crippen LogP contribution < -0.4 is 15.2 Å². The number of benzene rings is 3. The minimum absolute atomic E-state index is 0.181. The van der Waals surface area contributed by atoms with E-state index in [2.05, 4.69) is 41.3 Å². The molecule has 0 amide bonds. The van der Waals surface area contributed by atoms with Gasteiger partial charge in [-0.15, -0.1) is 0 Å². The summed E-state index contributed by atoms with van der Waals surface area (Å²) in [5, 5.41) is 0. The molecule has 0 spiro atoms. The van der Waals surface area contributed by atoms with E-state index in [0.717, 1.165) is 30.2 Å². The number of hydrogen-bond donors (Lipinski definition) is 1. The van der Waals surface area contributed by atoms with Gasteiger partial charge in [0, 0.05) is 31.2 Å². The van der Waals surface area contributed by atoms with Crippen LogP contribution in [0.3, 0.4) is 0 Å². The normalized spacial score (nSPS) is 16.0. The first kappa shape index (κ1) is 18.5. The van der Waals surface area contributed by atoms with E-state index in [1.165, 1.54) is 16.7 Å². The molecule has 1 aliphatic heterocycles. The topological polar surface area (TPSA) is 47.7 Å². The molecule has 0 bridgehead atoms. The standard InChI is InChI=1S/C24H26N2O2/c1-27-24-10-6-5-9-20(24)16-26-15-19-11-12-21(13-22(19)23(26)14-25)28-17-18-7-3-2-4-8-18/h2-13,23H,14-17,25H2,1H3. The van der Waals surface area contributed by atoms with E-state index in [1.54, 1.807) is 7.11 Å². The second-order valence-electron chi connectivity index (χ2n) is 7.10. The van der Waals surface area contributed by atoms with Gasteiger partial charge >= 0.3 is 0 Å². The van der Waals surface area contributed by atoms with Crippen molar-refractivity contribution in [1.29, 1.82) is 0 Å². The molecule has 0 saturated carbocycles. The second-order valence-corrected chi connectivity index (χ2v) is 7.10. The summed E-state index contributed by atoms with van der Waals surface area (Å²) < 4.78 is 11.5. The third-order valence-electron chi connectivity index (χ3n) is 5.33. The Morgan fingerprint density at radius 1 is 1.00 bits per heavy atom. The van der Waals surface area contributed by atoms with E-state index in [0.29, 0.717) is 13.2 Å². The van der Waals surface area contributed by atoms with Gasteiger partial charge in [-0.1, -0.05) is 54.6 Å². The van der Waals surface area contributed by atoms with Gasteiger partial charge in [0.2, 0.25) is 0 Å². The van der Waals surface area contributed by atoms with Crippen molar-refractivity contribution in [2.24, 2.45) is 5.73 Å². The van der Waals surface area contributed by atoms with Gasteiger partial charge in [-0.3, -0.25) is 4.90 Å². The van der Waals surface area contributed by atoms with Gasteiger partial charge < -0.3 is 15.2 Å². The van der Waals surface area contributed by atoms with Gasteiger partial charge in [0.25, 0.3) is 0 Å². The monoisotopic (exact) mass is 374 g/mol. The van der Waals surface area contributed by atoms with Crippen LogP contribution in [-0.2, 0) is 19.7 Å². The van der Waals surface area contributed by atoms with Crippen LogP contribution in [0.1, 0.15) is 28.3 Å². The van der Waals surface area contributed by atoms with E-state index in [4.69, 9.17) is 15.2 Å². The van der Waals surface area contributed by atoms with Crippen molar-refractivity contribution < 1.29 is 9.47 Å². The molecular formula is C24H26N2O2. The Labute approximate surface area is 166 Å². The number of para-hydroxylation sites is 1. The molecule has 1 unspecified atom stereocenters. The molecule has 0 saturated heterocycles. The first-order valence-electron chi connectivity index (χ1n) is 9.64. The highest BCUT2D eigenvalue weighted by Crippen LogP contribution is 2.37. The van der Waals surface area contributed by atoms with Gasteiger partial charge in [0.1, 0.15) is 18.1 Å². The quantitative estimate of drug-likeness (QED) is 0.670. The fourth-order valence-electron chi connectivity index (χ4n) is 3.88. The van der Waals surface area contributed by atoms with Crippen LogP contribution in [0.2, 0.25) is 0 Å². The fourth-order valence-corrected chi connectivity index (χ4v) is 3.88. The Morgan fingerprint density at radius 2 is 1.79 bits per heavy atom. The summed E-state index contributed by atoms with van der Waals surface area (Å²) in [6.07, 6.45) is 0. The molecule has 144 valence electrons. The number of nitrogens with two attached hydrogens (primary N) is 1. The lowest BCUT2D eigenvalue weighted by atomic mass is 10.0. The largest absolute Gasteiger partial charge is 0.496 e. The van der Waals surface area contributed by atoms with Gasteiger partial charge in [0.15, 0.2) is 0 Å². The summed E-state index contributed by atoms with van der Waals surface area (Å²) in [7, 11) is 1.72. The van der Waals surface area contributed by atoms with Crippen LogP contribution in [0.25, 0.3) is 0 Å². The number of ether oxygens (including phenoxy) is 2. The molecule has 2 N–H and O–H groups in total. The highest BCUT2D eigenvalue weighted by molar-refractivity contribution is 5.42. The first-order valence-corrected chi connectivity index (χ1v) is 9.64. The van der Waals surface area contributed by atoms with Gasteiger partial charge in [-0.25, -0.2) is 0 Å². The molecule has 3 aromatic carbocycles. The third-order valence-corrected chi connectivity index (χ3v) is 5.33. The molecule has 0 aliphatic carbocycles. The van der Waals surface area contributed by atoms with E-state index < -0.39 is 0 Å². The number of fused-ring (bicyclic) bond motifs is 1. The lowest BCUT2D eigenvalue weighted by Crippen LogP contribution is -2.27.